The molecule has 5 nitrogen and oxygen atoms in total. The lowest BCUT2D eigenvalue weighted by molar-refractivity contribution is -0.141. The summed E-state index contributed by atoms with van der Waals surface area (Å²) in [5.41, 5.74) is 0.178. The number of hydrogen-bond acceptors (Lipinski definition) is 4. The zero-order valence-electron chi connectivity index (χ0n) is 12.5. The van der Waals surface area contributed by atoms with Gasteiger partial charge in [0.2, 0.25) is 0 Å². The molecular weight excluding hydrogens is 282 g/mol. The molecular formula is C17H19NO4. The van der Waals surface area contributed by atoms with Gasteiger partial charge in [0.1, 0.15) is 0 Å². The molecule has 2 unspecified atom stereocenters. The average Bonchev–Trinajstić information content (AvgIpc) is 3.03. The predicted octanol–water partition coefficient (Wildman–Crippen LogP) is 2.68. The summed E-state index contributed by atoms with van der Waals surface area (Å²) < 4.78 is 5.05. The van der Waals surface area contributed by atoms with Crippen molar-refractivity contribution in [2.75, 3.05) is 7.11 Å². The van der Waals surface area contributed by atoms with Crippen LogP contribution >= 0.6 is 0 Å². The van der Waals surface area contributed by atoms with E-state index in [-0.39, 0.29) is 23.5 Å². The molecule has 2 aliphatic carbocycles. The molecule has 2 saturated carbocycles. The van der Waals surface area contributed by atoms with Gasteiger partial charge in [0.05, 0.1) is 24.5 Å². The Labute approximate surface area is 129 Å². The minimum Gasteiger partial charge on any atom is -0.504 e. The molecule has 2 fully saturated rings. The van der Waals surface area contributed by atoms with Gasteiger partial charge in [-0.1, -0.05) is 6.07 Å². The number of nitriles is 1. The topological polar surface area (TPSA) is 90.5 Å². The van der Waals surface area contributed by atoms with Crippen LogP contribution in [0, 0.1) is 29.1 Å². The Bertz CT molecular complexity index is 635. The summed E-state index contributed by atoms with van der Waals surface area (Å²) in [5.74, 6) is 0.000991. The Kier molecular flexibility index (Phi) is 3.48. The number of hydrogen-bond donors (Lipinski definition) is 2. The third kappa shape index (κ3) is 2.19. The number of phenolic OH excluding ortho intramolecular Hbond substituents is 1. The first-order valence-corrected chi connectivity index (χ1v) is 7.50. The smallest absolute Gasteiger partial charge is 0.306 e. The first-order chi connectivity index (χ1) is 10.5. The zero-order chi connectivity index (χ0) is 15.9. The molecule has 116 valence electrons. The first kappa shape index (κ1) is 14.7. The van der Waals surface area contributed by atoms with Crippen molar-refractivity contribution in [2.24, 2.45) is 17.8 Å². The average molecular weight is 301 g/mol. The number of nitrogens with zero attached hydrogens (tertiary/aromatic N) is 1. The fraction of sp³-hybridized carbons (Fsp3) is 0.529. The highest BCUT2D eigenvalue weighted by Crippen LogP contribution is 2.55. The Morgan fingerprint density at radius 2 is 2.00 bits per heavy atom. The van der Waals surface area contributed by atoms with Gasteiger partial charge < -0.3 is 14.9 Å². The number of phenols is 1. The van der Waals surface area contributed by atoms with Crippen molar-refractivity contribution in [3.63, 3.8) is 0 Å². The van der Waals surface area contributed by atoms with E-state index in [1.807, 2.05) is 6.07 Å². The molecule has 0 aromatic heterocycles. The van der Waals surface area contributed by atoms with Gasteiger partial charge in [-0.15, -0.1) is 0 Å². The molecule has 0 bridgehead atoms. The number of methoxy groups -OCH3 is 1. The lowest BCUT2D eigenvalue weighted by Crippen LogP contribution is -2.22. The molecule has 2 N–H and O–H groups in total. The van der Waals surface area contributed by atoms with Crippen LogP contribution in [-0.4, -0.2) is 23.3 Å². The highest BCUT2D eigenvalue weighted by Gasteiger charge is 2.52. The number of carboxylic acids is 1. The number of ether oxygens (including phenoxy) is 1. The first-order valence-electron chi connectivity index (χ1n) is 7.50. The lowest BCUT2D eigenvalue weighted by Gasteiger charge is -2.23. The van der Waals surface area contributed by atoms with Crippen LogP contribution in [-0.2, 0) is 10.2 Å². The number of aromatic hydroxyl groups is 1. The third-order valence-corrected chi connectivity index (χ3v) is 5.36. The molecule has 0 heterocycles. The molecule has 0 radical (unpaired) electrons. The highest BCUT2D eigenvalue weighted by molar-refractivity contribution is 5.70. The summed E-state index contributed by atoms with van der Waals surface area (Å²) in [6.07, 6.45) is 2.66. The summed E-state index contributed by atoms with van der Waals surface area (Å²) in [6, 6.07) is 7.55. The number of carbonyl (C=O) groups is 1. The molecule has 0 saturated heterocycles. The van der Waals surface area contributed by atoms with E-state index in [1.165, 1.54) is 7.11 Å². The Hall–Kier alpha value is -2.22. The van der Waals surface area contributed by atoms with Crippen molar-refractivity contribution in [1.29, 1.82) is 5.26 Å². The van der Waals surface area contributed by atoms with Crippen LogP contribution in [0.15, 0.2) is 18.2 Å². The summed E-state index contributed by atoms with van der Waals surface area (Å²) >= 11 is 0. The second-order valence-corrected chi connectivity index (χ2v) is 6.52. The van der Waals surface area contributed by atoms with Crippen LogP contribution in [0.2, 0.25) is 0 Å². The van der Waals surface area contributed by atoms with Crippen LogP contribution in [0.5, 0.6) is 11.5 Å². The number of fused-ring (bicyclic) bond motifs is 1. The van der Waals surface area contributed by atoms with E-state index < -0.39 is 11.4 Å². The van der Waals surface area contributed by atoms with E-state index in [0.717, 1.165) is 5.56 Å². The highest BCUT2D eigenvalue weighted by atomic mass is 16.5. The van der Waals surface area contributed by atoms with Crippen LogP contribution in [0.25, 0.3) is 0 Å². The van der Waals surface area contributed by atoms with Gasteiger partial charge >= 0.3 is 5.97 Å². The van der Waals surface area contributed by atoms with Gasteiger partial charge in [0.25, 0.3) is 0 Å². The number of aliphatic carboxylic acids is 1. The van der Waals surface area contributed by atoms with Crippen molar-refractivity contribution in [1.82, 2.24) is 0 Å². The van der Waals surface area contributed by atoms with E-state index in [4.69, 9.17) is 9.84 Å². The maximum Gasteiger partial charge on any atom is 0.306 e. The van der Waals surface area contributed by atoms with Gasteiger partial charge in [0, 0.05) is 0 Å². The maximum absolute atomic E-state index is 11.1. The molecule has 0 aliphatic heterocycles. The normalized spacial score (nSPS) is 33.2. The van der Waals surface area contributed by atoms with Crippen molar-refractivity contribution in [3.8, 4) is 17.6 Å². The van der Waals surface area contributed by atoms with E-state index in [2.05, 4.69) is 6.07 Å². The number of carboxylic acid groups (broad SMARTS) is 1. The van der Waals surface area contributed by atoms with Gasteiger partial charge in [-0.25, -0.2) is 0 Å². The number of benzene rings is 1. The van der Waals surface area contributed by atoms with Crippen LogP contribution < -0.4 is 4.74 Å². The second kappa shape index (κ2) is 5.20. The lowest BCUT2D eigenvalue weighted by atomic mass is 9.77. The standard InChI is InChI=1S/C17H19NO4/c1-22-15-3-2-13(6-14(15)19)17(9-18)7-11-4-10(16(20)21)5-12(11)8-17/h2-3,6,10-12,19H,4-5,7-8H2,1H3,(H,20,21). The third-order valence-electron chi connectivity index (χ3n) is 5.36. The largest absolute Gasteiger partial charge is 0.504 e. The zero-order valence-corrected chi connectivity index (χ0v) is 12.5. The Morgan fingerprint density at radius 1 is 1.36 bits per heavy atom. The summed E-state index contributed by atoms with van der Waals surface area (Å²) in [7, 11) is 1.49. The van der Waals surface area contributed by atoms with Gasteiger partial charge in [-0.3, -0.25) is 4.79 Å². The van der Waals surface area contributed by atoms with E-state index in [9.17, 15) is 15.2 Å². The van der Waals surface area contributed by atoms with Crippen LogP contribution in [0.1, 0.15) is 31.2 Å². The Morgan fingerprint density at radius 3 is 2.45 bits per heavy atom. The van der Waals surface area contributed by atoms with Crippen molar-refractivity contribution >= 4 is 5.97 Å². The molecule has 1 aromatic carbocycles. The van der Waals surface area contributed by atoms with Gasteiger partial charge in [-0.05, 0) is 55.2 Å². The molecule has 5 heteroatoms. The van der Waals surface area contributed by atoms with E-state index >= 15 is 0 Å². The quantitative estimate of drug-likeness (QED) is 0.895. The van der Waals surface area contributed by atoms with Crippen molar-refractivity contribution in [3.05, 3.63) is 23.8 Å². The molecule has 0 amide bonds. The van der Waals surface area contributed by atoms with Gasteiger partial charge in [0.15, 0.2) is 11.5 Å². The number of rotatable bonds is 3. The molecule has 1 aromatic rings. The Balaban J connectivity index is 1.86. The van der Waals surface area contributed by atoms with Gasteiger partial charge in [-0.2, -0.15) is 5.26 Å². The summed E-state index contributed by atoms with van der Waals surface area (Å²) in [5, 5.41) is 28.9. The maximum atomic E-state index is 11.1. The monoisotopic (exact) mass is 301 g/mol. The summed E-state index contributed by atoms with van der Waals surface area (Å²) in [6.45, 7) is 0. The molecule has 0 spiro atoms. The minimum absolute atomic E-state index is 0.0371. The molecule has 22 heavy (non-hydrogen) atoms. The predicted molar refractivity (Wildman–Crippen MR) is 78.5 cm³/mol. The van der Waals surface area contributed by atoms with E-state index in [0.29, 0.717) is 31.4 Å². The van der Waals surface area contributed by atoms with Crippen molar-refractivity contribution < 1.29 is 19.7 Å². The van der Waals surface area contributed by atoms with Crippen LogP contribution in [0.3, 0.4) is 0 Å². The van der Waals surface area contributed by atoms with Crippen molar-refractivity contribution in [2.45, 2.75) is 31.1 Å². The SMILES string of the molecule is COc1ccc(C2(C#N)CC3CC(C(=O)O)CC3C2)cc1O. The molecule has 3 rings (SSSR count). The second-order valence-electron chi connectivity index (χ2n) is 6.52. The summed E-state index contributed by atoms with van der Waals surface area (Å²) in [4.78, 5) is 11.1. The minimum atomic E-state index is -0.723. The molecule has 2 atom stereocenters. The fourth-order valence-corrected chi connectivity index (χ4v) is 4.27. The fourth-order valence-electron chi connectivity index (χ4n) is 4.27. The molecule has 2 aliphatic rings. The van der Waals surface area contributed by atoms with Crippen LogP contribution in [0.4, 0.5) is 0 Å². The van der Waals surface area contributed by atoms with E-state index in [1.54, 1.807) is 12.1 Å².